The predicted molar refractivity (Wildman–Crippen MR) is 73.2 cm³/mol. The third kappa shape index (κ3) is 2.09. The van der Waals surface area contributed by atoms with E-state index in [9.17, 15) is 10.2 Å². The maximum absolute atomic E-state index is 9.49. The summed E-state index contributed by atoms with van der Waals surface area (Å²) < 4.78 is 5.20. The Morgan fingerprint density at radius 2 is 1.80 bits per heavy atom. The smallest absolute Gasteiger partial charge is 0.258 e. The van der Waals surface area contributed by atoms with E-state index in [1.54, 1.807) is 6.07 Å². The van der Waals surface area contributed by atoms with Crippen LogP contribution in [0.2, 0.25) is 0 Å². The third-order valence-electron chi connectivity index (χ3n) is 3.03. The lowest BCUT2D eigenvalue weighted by Crippen LogP contribution is -1.84. The molecule has 2 aromatic carbocycles. The van der Waals surface area contributed by atoms with Crippen molar-refractivity contribution in [2.45, 2.75) is 6.92 Å². The molecule has 0 unspecified atom stereocenters. The van der Waals surface area contributed by atoms with E-state index in [1.807, 2.05) is 31.2 Å². The van der Waals surface area contributed by atoms with E-state index < -0.39 is 0 Å². The second kappa shape index (κ2) is 4.70. The zero-order valence-electron chi connectivity index (χ0n) is 10.7. The minimum atomic E-state index is -0.224. The first-order chi connectivity index (χ1) is 9.65. The fourth-order valence-corrected chi connectivity index (χ4v) is 1.93. The highest BCUT2D eigenvalue weighted by Gasteiger charge is 2.13. The van der Waals surface area contributed by atoms with Crippen molar-refractivity contribution in [2.24, 2.45) is 0 Å². The molecule has 0 saturated heterocycles. The second-order valence-electron chi connectivity index (χ2n) is 4.44. The van der Waals surface area contributed by atoms with Crippen LogP contribution in [-0.2, 0) is 0 Å². The van der Waals surface area contributed by atoms with Crippen molar-refractivity contribution in [3.63, 3.8) is 0 Å². The van der Waals surface area contributed by atoms with Gasteiger partial charge in [0.15, 0.2) is 11.5 Å². The molecule has 20 heavy (non-hydrogen) atoms. The molecule has 0 amide bonds. The average molecular weight is 268 g/mol. The lowest BCUT2D eigenvalue weighted by molar-refractivity contribution is 0.402. The van der Waals surface area contributed by atoms with Gasteiger partial charge in [0.05, 0.1) is 0 Å². The topological polar surface area (TPSA) is 79.4 Å². The Balaban J connectivity index is 2.02. The molecule has 0 radical (unpaired) electrons. The monoisotopic (exact) mass is 268 g/mol. The first-order valence-electron chi connectivity index (χ1n) is 6.07. The molecule has 0 atom stereocenters. The van der Waals surface area contributed by atoms with Gasteiger partial charge < -0.3 is 14.7 Å². The summed E-state index contributed by atoms with van der Waals surface area (Å²) in [4.78, 5) is 4.31. The minimum Gasteiger partial charge on any atom is -0.504 e. The van der Waals surface area contributed by atoms with Gasteiger partial charge in [-0.2, -0.15) is 4.98 Å². The number of phenols is 2. The molecule has 5 heteroatoms. The van der Waals surface area contributed by atoms with Gasteiger partial charge in [0.2, 0.25) is 5.82 Å². The van der Waals surface area contributed by atoms with E-state index in [2.05, 4.69) is 10.1 Å². The number of rotatable bonds is 2. The third-order valence-corrected chi connectivity index (χ3v) is 3.03. The molecule has 0 bridgehead atoms. The largest absolute Gasteiger partial charge is 0.504 e. The van der Waals surface area contributed by atoms with Crippen LogP contribution in [0.15, 0.2) is 47.0 Å². The summed E-state index contributed by atoms with van der Waals surface area (Å²) in [6, 6.07) is 12.1. The van der Waals surface area contributed by atoms with Crippen molar-refractivity contribution >= 4 is 0 Å². The fourth-order valence-electron chi connectivity index (χ4n) is 1.93. The summed E-state index contributed by atoms with van der Waals surface area (Å²) in [7, 11) is 0. The second-order valence-corrected chi connectivity index (χ2v) is 4.44. The zero-order chi connectivity index (χ0) is 14.1. The Bertz CT molecular complexity index is 765. The molecule has 2 N–H and O–H groups in total. The van der Waals surface area contributed by atoms with Crippen LogP contribution in [0, 0.1) is 6.92 Å². The van der Waals surface area contributed by atoms with E-state index >= 15 is 0 Å². The molecule has 100 valence electrons. The van der Waals surface area contributed by atoms with Gasteiger partial charge >= 0.3 is 0 Å². The summed E-state index contributed by atoms with van der Waals surface area (Å²) >= 11 is 0. The fraction of sp³-hybridized carbons (Fsp3) is 0.0667. The van der Waals surface area contributed by atoms with Gasteiger partial charge in [-0.15, -0.1) is 0 Å². The molecule has 0 aliphatic carbocycles. The van der Waals surface area contributed by atoms with Gasteiger partial charge in [0.1, 0.15) is 0 Å². The van der Waals surface area contributed by atoms with E-state index in [0.717, 1.165) is 11.1 Å². The highest BCUT2D eigenvalue weighted by atomic mass is 16.5. The quantitative estimate of drug-likeness (QED) is 0.698. The summed E-state index contributed by atoms with van der Waals surface area (Å²) in [5.74, 6) is 0.370. The van der Waals surface area contributed by atoms with Crippen LogP contribution in [0.5, 0.6) is 11.5 Å². The van der Waals surface area contributed by atoms with Crippen LogP contribution in [0.4, 0.5) is 0 Å². The molecule has 3 rings (SSSR count). The predicted octanol–water partition coefficient (Wildman–Crippen LogP) is 3.12. The molecule has 0 spiro atoms. The summed E-state index contributed by atoms with van der Waals surface area (Å²) in [5.41, 5.74) is 2.49. The van der Waals surface area contributed by atoms with Crippen molar-refractivity contribution < 1.29 is 14.7 Å². The van der Waals surface area contributed by atoms with E-state index in [0.29, 0.717) is 17.3 Å². The van der Waals surface area contributed by atoms with Gasteiger partial charge in [0, 0.05) is 11.1 Å². The number of phenolic OH excluding ortho intramolecular Hbond substituents is 2. The van der Waals surface area contributed by atoms with Crippen molar-refractivity contribution in [1.29, 1.82) is 0 Å². The summed E-state index contributed by atoms with van der Waals surface area (Å²) in [5, 5.41) is 22.7. The number of aryl methyl sites for hydroxylation is 1. The van der Waals surface area contributed by atoms with Crippen LogP contribution in [0.3, 0.4) is 0 Å². The van der Waals surface area contributed by atoms with Gasteiger partial charge in [-0.25, -0.2) is 0 Å². The van der Waals surface area contributed by atoms with Crippen LogP contribution in [-0.4, -0.2) is 20.4 Å². The molecular formula is C15H12N2O3. The number of aromatic hydroxyl groups is 2. The highest BCUT2D eigenvalue weighted by molar-refractivity contribution is 5.64. The van der Waals surface area contributed by atoms with Crippen LogP contribution >= 0.6 is 0 Å². The van der Waals surface area contributed by atoms with Crippen molar-refractivity contribution in [2.75, 3.05) is 0 Å². The maximum Gasteiger partial charge on any atom is 0.258 e. The number of hydrogen-bond acceptors (Lipinski definition) is 5. The summed E-state index contributed by atoms with van der Waals surface area (Å²) in [6.07, 6.45) is 0. The Morgan fingerprint density at radius 1 is 1.00 bits per heavy atom. The first-order valence-corrected chi connectivity index (χ1v) is 6.07. The van der Waals surface area contributed by atoms with Crippen molar-refractivity contribution in [3.05, 3.63) is 48.0 Å². The van der Waals surface area contributed by atoms with Crippen LogP contribution < -0.4 is 0 Å². The van der Waals surface area contributed by atoms with Gasteiger partial charge in [0.25, 0.3) is 5.89 Å². The maximum atomic E-state index is 9.49. The number of hydrogen-bond donors (Lipinski definition) is 2. The molecule has 3 aromatic rings. The molecule has 1 heterocycles. The molecule has 1 aromatic heterocycles. The number of benzene rings is 2. The van der Waals surface area contributed by atoms with E-state index in [4.69, 9.17) is 4.52 Å². The lowest BCUT2D eigenvalue weighted by Gasteiger charge is -1.99. The SMILES string of the molecule is Cc1ccccc1-c1noc(-c2ccc(O)c(O)c2)n1. The van der Waals surface area contributed by atoms with Crippen LogP contribution in [0.25, 0.3) is 22.8 Å². The minimum absolute atomic E-state index is 0.188. The normalized spacial score (nSPS) is 10.7. The highest BCUT2D eigenvalue weighted by Crippen LogP contribution is 2.31. The van der Waals surface area contributed by atoms with Gasteiger partial charge in [-0.05, 0) is 30.7 Å². The molecule has 5 nitrogen and oxygen atoms in total. The molecule has 0 saturated carbocycles. The lowest BCUT2D eigenvalue weighted by atomic mass is 10.1. The summed E-state index contributed by atoms with van der Waals surface area (Å²) in [6.45, 7) is 1.97. The zero-order valence-corrected chi connectivity index (χ0v) is 10.7. The average Bonchev–Trinajstić information content (AvgIpc) is 2.92. The molecule has 0 aliphatic rings. The number of aromatic nitrogens is 2. The number of nitrogens with zero attached hydrogens (tertiary/aromatic N) is 2. The Labute approximate surface area is 115 Å². The Hall–Kier alpha value is -2.82. The Kier molecular flexibility index (Phi) is 2.87. The molecule has 0 fully saturated rings. The molecular weight excluding hydrogens is 256 g/mol. The standard InChI is InChI=1S/C15H12N2O3/c1-9-4-2-3-5-11(9)14-16-15(20-17-14)10-6-7-12(18)13(19)8-10/h2-8,18-19H,1H3. The van der Waals surface area contributed by atoms with Crippen LogP contribution in [0.1, 0.15) is 5.56 Å². The van der Waals surface area contributed by atoms with Crippen molar-refractivity contribution in [1.82, 2.24) is 10.1 Å². The van der Waals surface area contributed by atoms with Gasteiger partial charge in [-0.3, -0.25) is 0 Å². The van der Waals surface area contributed by atoms with Crippen molar-refractivity contribution in [3.8, 4) is 34.3 Å². The van der Waals surface area contributed by atoms with E-state index in [-0.39, 0.29) is 11.5 Å². The first kappa shape index (κ1) is 12.2. The van der Waals surface area contributed by atoms with Gasteiger partial charge in [-0.1, -0.05) is 29.4 Å². The Morgan fingerprint density at radius 3 is 2.55 bits per heavy atom. The molecule has 0 aliphatic heterocycles. The van der Waals surface area contributed by atoms with E-state index in [1.165, 1.54) is 12.1 Å².